The van der Waals surface area contributed by atoms with Crippen LogP contribution in [0.5, 0.6) is 0 Å². The molecule has 0 saturated heterocycles. The van der Waals surface area contributed by atoms with Crippen molar-refractivity contribution in [3.8, 4) is 6.07 Å². The van der Waals surface area contributed by atoms with Crippen molar-refractivity contribution in [2.75, 3.05) is 13.6 Å². The summed E-state index contributed by atoms with van der Waals surface area (Å²) in [6.07, 6.45) is 3.71. The molecule has 1 N–H and O–H groups in total. The molecule has 4 nitrogen and oxygen atoms in total. The second-order valence-electron chi connectivity index (χ2n) is 6.22. The zero-order valence-electron chi connectivity index (χ0n) is 15.4. The van der Waals surface area contributed by atoms with Crippen molar-refractivity contribution in [2.45, 2.75) is 25.8 Å². The van der Waals surface area contributed by atoms with Crippen molar-refractivity contribution in [1.29, 1.82) is 5.26 Å². The lowest BCUT2D eigenvalue weighted by Gasteiger charge is -2.20. The number of rotatable bonds is 8. The quantitative estimate of drug-likeness (QED) is 0.579. The molecule has 0 heterocycles. The maximum Gasteiger partial charge on any atom is 0.264 e. The second kappa shape index (κ2) is 10.0. The van der Waals surface area contributed by atoms with Gasteiger partial charge in [0.1, 0.15) is 11.6 Å². The van der Waals surface area contributed by atoms with Gasteiger partial charge in [-0.1, -0.05) is 74.0 Å². The Hall–Kier alpha value is -3.06. The van der Waals surface area contributed by atoms with Gasteiger partial charge in [-0.15, -0.1) is 0 Å². The standard InChI is InChI=1S/C22H25N3O/c1-3-4-15-25(2)17-20(16-23)22(26)24-21(18-11-7-5-8-12-18)19-13-9-6-10-14-19/h5-14,17,21H,3-4,15H2,1-2H3,(H,24,26)/b20-17-. The Morgan fingerprint density at radius 3 is 2.12 bits per heavy atom. The van der Waals surface area contributed by atoms with Crippen LogP contribution in [-0.4, -0.2) is 24.4 Å². The summed E-state index contributed by atoms with van der Waals surface area (Å²) in [5.41, 5.74) is 2.06. The molecule has 0 aliphatic rings. The third-order valence-electron chi connectivity index (χ3n) is 4.12. The molecule has 0 spiro atoms. The summed E-state index contributed by atoms with van der Waals surface area (Å²) in [7, 11) is 1.88. The summed E-state index contributed by atoms with van der Waals surface area (Å²) >= 11 is 0. The van der Waals surface area contributed by atoms with Crippen molar-refractivity contribution < 1.29 is 4.79 Å². The van der Waals surface area contributed by atoms with Crippen LogP contribution in [0.15, 0.2) is 72.4 Å². The number of nitrogens with zero attached hydrogens (tertiary/aromatic N) is 2. The fraction of sp³-hybridized carbons (Fsp3) is 0.273. The molecule has 26 heavy (non-hydrogen) atoms. The highest BCUT2D eigenvalue weighted by molar-refractivity contribution is 5.97. The number of nitriles is 1. The van der Waals surface area contributed by atoms with E-state index in [-0.39, 0.29) is 17.5 Å². The molecular formula is C22H25N3O. The lowest BCUT2D eigenvalue weighted by molar-refractivity contribution is -0.117. The summed E-state index contributed by atoms with van der Waals surface area (Å²) in [5.74, 6) is -0.367. The summed E-state index contributed by atoms with van der Waals surface area (Å²) < 4.78 is 0. The van der Waals surface area contributed by atoms with E-state index < -0.39 is 0 Å². The molecule has 0 aliphatic carbocycles. The van der Waals surface area contributed by atoms with Gasteiger partial charge < -0.3 is 10.2 Å². The Labute approximate surface area is 155 Å². The first kappa shape index (κ1) is 19.3. The van der Waals surface area contributed by atoms with Gasteiger partial charge in [-0.2, -0.15) is 5.26 Å². The van der Waals surface area contributed by atoms with E-state index in [1.807, 2.05) is 78.7 Å². The zero-order chi connectivity index (χ0) is 18.8. The van der Waals surface area contributed by atoms with Gasteiger partial charge in [-0.05, 0) is 17.5 Å². The second-order valence-corrected chi connectivity index (χ2v) is 6.22. The van der Waals surface area contributed by atoms with E-state index in [9.17, 15) is 10.1 Å². The number of carbonyl (C=O) groups is 1. The van der Waals surface area contributed by atoms with Crippen molar-refractivity contribution in [3.05, 3.63) is 83.6 Å². The third-order valence-corrected chi connectivity index (χ3v) is 4.12. The van der Waals surface area contributed by atoms with Gasteiger partial charge in [0.25, 0.3) is 5.91 Å². The molecule has 0 saturated carbocycles. The van der Waals surface area contributed by atoms with Crippen LogP contribution in [0.25, 0.3) is 0 Å². The topological polar surface area (TPSA) is 56.1 Å². The predicted octanol–water partition coefficient (Wildman–Crippen LogP) is 4.03. The van der Waals surface area contributed by atoms with E-state index in [2.05, 4.69) is 12.2 Å². The van der Waals surface area contributed by atoms with Crippen LogP contribution in [0.1, 0.15) is 36.9 Å². The average Bonchev–Trinajstić information content (AvgIpc) is 2.69. The Bertz CT molecular complexity index is 723. The van der Waals surface area contributed by atoms with E-state index in [1.54, 1.807) is 6.20 Å². The zero-order valence-corrected chi connectivity index (χ0v) is 15.4. The van der Waals surface area contributed by atoms with Gasteiger partial charge in [0, 0.05) is 19.8 Å². The van der Waals surface area contributed by atoms with E-state index in [4.69, 9.17) is 0 Å². The molecule has 2 aromatic carbocycles. The van der Waals surface area contributed by atoms with E-state index in [0.29, 0.717) is 0 Å². The Morgan fingerprint density at radius 1 is 1.12 bits per heavy atom. The van der Waals surface area contributed by atoms with Crippen molar-refractivity contribution in [3.63, 3.8) is 0 Å². The highest BCUT2D eigenvalue weighted by Gasteiger charge is 2.19. The van der Waals surface area contributed by atoms with Gasteiger partial charge in [0.15, 0.2) is 0 Å². The number of unbranched alkanes of at least 4 members (excludes halogenated alkanes) is 1. The van der Waals surface area contributed by atoms with Gasteiger partial charge in [0.2, 0.25) is 0 Å². The van der Waals surface area contributed by atoms with Crippen LogP contribution in [0.2, 0.25) is 0 Å². The number of amides is 1. The minimum absolute atomic E-state index is 0.112. The molecule has 0 radical (unpaired) electrons. The molecule has 2 rings (SSSR count). The van der Waals surface area contributed by atoms with Gasteiger partial charge in [-0.25, -0.2) is 0 Å². The van der Waals surface area contributed by atoms with E-state index >= 15 is 0 Å². The fourth-order valence-electron chi connectivity index (χ4n) is 2.69. The maximum absolute atomic E-state index is 12.7. The lowest BCUT2D eigenvalue weighted by atomic mass is 9.98. The summed E-state index contributed by atoms with van der Waals surface area (Å²) in [6.45, 7) is 2.93. The number of benzene rings is 2. The molecule has 0 fully saturated rings. The minimum atomic E-state index is -0.367. The smallest absolute Gasteiger partial charge is 0.264 e. The molecule has 0 aromatic heterocycles. The normalized spacial score (nSPS) is 11.1. The molecule has 134 valence electrons. The van der Waals surface area contributed by atoms with Crippen LogP contribution in [0, 0.1) is 11.3 Å². The Morgan fingerprint density at radius 2 is 1.65 bits per heavy atom. The summed E-state index contributed by atoms with van der Waals surface area (Å²) in [6, 6.07) is 21.3. The third kappa shape index (κ3) is 5.49. The molecule has 0 bridgehead atoms. The van der Waals surface area contributed by atoms with Gasteiger partial charge >= 0.3 is 0 Å². The SMILES string of the molecule is CCCCN(C)/C=C(/C#N)C(=O)NC(c1ccccc1)c1ccccc1. The monoisotopic (exact) mass is 347 g/mol. The number of hydrogen-bond donors (Lipinski definition) is 1. The largest absolute Gasteiger partial charge is 0.379 e. The van der Waals surface area contributed by atoms with Crippen LogP contribution in [0.3, 0.4) is 0 Å². The number of hydrogen-bond acceptors (Lipinski definition) is 3. The molecule has 0 atom stereocenters. The van der Waals surface area contributed by atoms with Crippen molar-refractivity contribution in [2.24, 2.45) is 0 Å². The van der Waals surface area contributed by atoms with Crippen LogP contribution in [-0.2, 0) is 4.79 Å². The van der Waals surface area contributed by atoms with Crippen molar-refractivity contribution in [1.82, 2.24) is 10.2 Å². The highest BCUT2D eigenvalue weighted by atomic mass is 16.1. The first-order chi connectivity index (χ1) is 12.7. The first-order valence-electron chi connectivity index (χ1n) is 8.88. The van der Waals surface area contributed by atoms with Gasteiger partial charge in [0.05, 0.1) is 6.04 Å². The molecule has 4 heteroatoms. The van der Waals surface area contributed by atoms with Crippen LogP contribution >= 0.6 is 0 Å². The first-order valence-corrected chi connectivity index (χ1v) is 8.88. The highest BCUT2D eigenvalue weighted by Crippen LogP contribution is 2.22. The molecule has 0 unspecified atom stereocenters. The van der Waals surface area contributed by atoms with Gasteiger partial charge in [-0.3, -0.25) is 4.79 Å². The van der Waals surface area contributed by atoms with E-state index in [1.165, 1.54) is 0 Å². The molecule has 2 aromatic rings. The summed E-state index contributed by atoms with van der Waals surface area (Å²) in [5, 5.41) is 12.4. The predicted molar refractivity (Wildman–Crippen MR) is 104 cm³/mol. The lowest BCUT2D eigenvalue weighted by Crippen LogP contribution is -2.31. The average molecular weight is 347 g/mol. The summed E-state index contributed by atoms with van der Waals surface area (Å²) in [4.78, 5) is 14.6. The Kier molecular flexibility index (Phi) is 7.45. The van der Waals surface area contributed by atoms with Crippen molar-refractivity contribution >= 4 is 5.91 Å². The maximum atomic E-state index is 12.7. The number of nitrogens with one attached hydrogen (secondary N) is 1. The van der Waals surface area contributed by atoms with E-state index in [0.717, 1.165) is 30.5 Å². The molecule has 0 aliphatic heterocycles. The number of carbonyl (C=O) groups excluding carboxylic acids is 1. The fourth-order valence-corrected chi connectivity index (χ4v) is 2.69. The molecular weight excluding hydrogens is 322 g/mol. The molecule has 1 amide bonds. The minimum Gasteiger partial charge on any atom is -0.379 e. The Balaban J connectivity index is 2.23. The van der Waals surface area contributed by atoms with Crippen LogP contribution < -0.4 is 5.32 Å². The van der Waals surface area contributed by atoms with Crippen LogP contribution in [0.4, 0.5) is 0 Å².